The van der Waals surface area contributed by atoms with Crippen LogP contribution < -0.4 is 15.3 Å². The van der Waals surface area contributed by atoms with Crippen LogP contribution in [-0.2, 0) is 4.79 Å². The van der Waals surface area contributed by atoms with Gasteiger partial charge in [0.15, 0.2) is 0 Å². The van der Waals surface area contributed by atoms with Crippen molar-refractivity contribution < 1.29 is 37.8 Å². The van der Waals surface area contributed by atoms with Crippen LogP contribution >= 0.6 is 34.5 Å². The standard InChI is InChI=1S/C25H24Cl2N2O3S.C2HF3O2/c1-15(16-9-11-28-12-10-16)29(24(30)19-8-7-18(26)13-20(19)27)21-14-22(33-23(21)25(31)32)17-5-3-2-4-6-17;3-2(4,5)1(6)7/h2-8,13-16,28H,9-12H2,1H3,(H,31,32);(H,6,7)/p-1. The molecule has 2 heterocycles. The van der Waals surface area contributed by atoms with E-state index in [1.807, 2.05) is 43.3 Å². The summed E-state index contributed by atoms with van der Waals surface area (Å²) in [5, 5.41) is 22.8. The number of nitrogens with one attached hydrogen (secondary N) is 1. The molecule has 1 aromatic heterocycles. The summed E-state index contributed by atoms with van der Waals surface area (Å²) in [4.78, 5) is 37.5. The summed E-state index contributed by atoms with van der Waals surface area (Å²) in [6.07, 6.45) is -3.39. The first-order chi connectivity index (χ1) is 18.8. The number of benzene rings is 2. The van der Waals surface area contributed by atoms with Gasteiger partial charge in [0.1, 0.15) is 10.8 Å². The highest BCUT2D eigenvalue weighted by Gasteiger charge is 2.35. The lowest BCUT2D eigenvalue weighted by Crippen LogP contribution is -2.46. The molecule has 0 spiro atoms. The monoisotopic (exact) mass is 615 g/mol. The Hall–Kier alpha value is -3.12. The van der Waals surface area contributed by atoms with Gasteiger partial charge in [0.25, 0.3) is 5.91 Å². The highest BCUT2D eigenvalue weighted by Crippen LogP contribution is 2.40. The highest BCUT2D eigenvalue weighted by molar-refractivity contribution is 7.18. The fourth-order valence-corrected chi connectivity index (χ4v) is 5.79. The van der Waals surface area contributed by atoms with Crippen molar-refractivity contribution in [2.45, 2.75) is 32.0 Å². The molecule has 1 amide bonds. The Morgan fingerprint density at radius 3 is 2.20 bits per heavy atom. The number of carbonyl (C=O) groups excluding carboxylic acids is 2. The van der Waals surface area contributed by atoms with Crippen LogP contribution in [-0.4, -0.2) is 48.3 Å². The number of aliphatic carboxylic acids is 1. The maximum absolute atomic E-state index is 13.9. The van der Waals surface area contributed by atoms with Crippen molar-refractivity contribution in [1.29, 1.82) is 0 Å². The smallest absolute Gasteiger partial charge is 0.430 e. The molecule has 214 valence electrons. The normalized spacial score (nSPS) is 14.6. The third kappa shape index (κ3) is 7.75. The zero-order chi connectivity index (χ0) is 29.6. The van der Waals surface area contributed by atoms with Crippen LogP contribution in [0.4, 0.5) is 18.9 Å². The fourth-order valence-electron chi connectivity index (χ4n) is 4.30. The third-order valence-corrected chi connectivity index (χ3v) is 8.02. The minimum absolute atomic E-state index is 0.132. The summed E-state index contributed by atoms with van der Waals surface area (Å²) in [5.74, 6) is -4.17. The zero-order valence-corrected chi connectivity index (χ0v) is 23.3. The van der Waals surface area contributed by atoms with E-state index in [9.17, 15) is 27.9 Å². The Labute approximate surface area is 242 Å². The highest BCUT2D eigenvalue weighted by atomic mass is 35.5. The molecular weight excluding hydrogens is 592 g/mol. The molecule has 1 aliphatic rings. The SMILES string of the molecule is CC(C1CCNCC1)N(C(=O)c1ccc(Cl)cc1Cl)c1cc(-c2ccccc2)sc1C(=O)O.O=C([O-])C(F)(F)F. The Morgan fingerprint density at radius 2 is 1.68 bits per heavy atom. The summed E-state index contributed by atoms with van der Waals surface area (Å²) in [5.41, 5.74) is 1.60. The van der Waals surface area contributed by atoms with Gasteiger partial charge >= 0.3 is 12.1 Å². The number of aromatic carboxylic acids is 1. The lowest BCUT2D eigenvalue weighted by atomic mass is 9.89. The minimum Gasteiger partial charge on any atom is -0.542 e. The molecule has 1 atom stereocenters. The Kier molecular flexibility index (Phi) is 10.6. The van der Waals surface area contributed by atoms with Gasteiger partial charge in [-0.05, 0) is 68.6 Å². The summed E-state index contributed by atoms with van der Waals surface area (Å²) in [7, 11) is 0. The lowest BCUT2D eigenvalue weighted by Gasteiger charge is -2.37. The number of anilines is 1. The van der Waals surface area contributed by atoms with E-state index in [0.717, 1.165) is 36.4 Å². The van der Waals surface area contributed by atoms with Gasteiger partial charge in [0, 0.05) is 15.9 Å². The van der Waals surface area contributed by atoms with Crippen molar-refractivity contribution in [1.82, 2.24) is 5.32 Å². The van der Waals surface area contributed by atoms with Crippen LogP contribution in [0.3, 0.4) is 0 Å². The van der Waals surface area contributed by atoms with Gasteiger partial charge in [-0.3, -0.25) is 4.79 Å². The van der Waals surface area contributed by atoms with Gasteiger partial charge in [-0.15, -0.1) is 11.3 Å². The fraction of sp³-hybridized carbons (Fsp3) is 0.296. The first kappa shape index (κ1) is 31.4. The van der Waals surface area contributed by atoms with E-state index in [1.165, 1.54) is 17.4 Å². The number of rotatable bonds is 6. The average molecular weight is 616 g/mol. The van der Waals surface area contributed by atoms with E-state index < -0.39 is 18.1 Å². The van der Waals surface area contributed by atoms with Gasteiger partial charge in [-0.2, -0.15) is 13.2 Å². The number of carboxylic acid groups (broad SMARTS) is 2. The van der Waals surface area contributed by atoms with Crippen molar-refractivity contribution in [2.24, 2.45) is 5.92 Å². The largest absolute Gasteiger partial charge is 0.542 e. The molecule has 40 heavy (non-hydrogen) atoms. The molecule has 0 bridgehead atoms. The maximum Gasteiger partial charge on any atom is 0.430 e. The van der Waals surface area contributed by atoms with Crippen molar-refractivity contribution in [2.75, 3.05) is 18.0 Å². The number of thiophene rings is 1. The van der Waals surface area contributed by atoms with Gasteiger partial charge in [0.2, 0.25) is 0 Å². The number of amides is 1. The molecule has 1 saturated heterocycles. The first-order valence-corrected chi connectivity index (χ1v) is 13.6. The molecule has 13 heteroatoms. The van der Waals surface area contributed by atoms with E-state index in [0.29, 0.717) is 16.3 Å². The van der Waals surface area contributed by atoms with Crippen LogP contribution in [0, 0.1) is 5.92 Å². The first-order valence-electron chi connectivity index (χ1n) is 12.0. The summed E-state index contributed by atoms with van der Waals surface area (Å²) in [6.45, 7) is 3.72. The molecule has 0 radical (unpaired) electrons. The topological polar surface area (TPSA) is 110 Å². The molecular formula is C27H24Cl2F3N2O5S-. The number of piperidine rings is 1. The van der Waals surface area contributed by atoms with Gasteiger partial charge in [0.05, 0.1) is 16.3 Å². The number of hydrogen-bond acceptors (Lipinski definition) is 6. The Morgan fingerprint density at radius 1 is 1.07 bits per heavy atom. The number of carbonyl (C=O) groups is 3. The number of carboxylic acids is 2. The van der Waals surface area contributed by atoms with Crippen molar-refractivity contribution in [3.05, 3.63) is 75.1 Å². The van der Waals surface area contributed by atoms with Gasteiger partial charge in [-0.25, -0.2) is 4.79 Å². The van der Waals surface area contributed by atoms with E-state index in [-0.39, 0.29) is 27.8 Å². The molecule has 1 fully saturated rings. The molecule has 0 aliphatic carbocycles. The molecule has 4 rings (SSSR count). The molecule has 3 aromatic rings. The molecule has 1 unspecified atom stereocenters. The van der Waals surface area contributed by atoms with E-state index in [4.69, 9.17) is 33.1 Å². The Bertz CT molecular complexity index is 1360. The minimum atomic E-state index is -5.19. The number of halogens is 5. The predicted molar refractivity (Wildman–Crippen MR) is 146 cm³/mol. The molecule has 2 aromatic carbocycles. The van der Waals surface area contributed by atoms with Crippen molar-refractivity contribution >= 4 is 58.1 Å². The molecule has 0 saturated carbocycles. The van der Waals surface area contributed by atoms with Gasteiger partial charge < -0.3 is 25.2 Å². The quantitative estimate of drug-likeness (QED) is 0.365. The Balaban J connectivity index is 0.000000559. The summed E-state index contributed by atoms with van der Waals surface area (Å²) >= 11 is 13.6. The second kappa shape index (κ2) is 13.5. The van der Waals surface area contributed by atoms with E-state index in [1.54, 1.807) is 17.0 Å². The number of alkyl halides is 3. The molecule has 7 nitrogen and oxygen atoms in total. The molecule has 2 N–H and O–H groups in total. The molecule has 1 aliphatic heterocycles. The zero-order valence-electron chi connectivity index (χ0n) is 21.0. The second-order valence-electron chi connectivity index (χ2n) is 8.91. The van der Waals surface area contributed by atoms with Crippen LogP contribution in [0.2, 0.25) is 10.0 Å². The van der Waals surface area contributed by atoms with Gasteiger partial charge in [-0.1, -0.05) is 53.5 Å². The third-order valence-electron chi connectivity index (χ3n) is 6.31. The maximum atomic E-state index is 13.9. The van der Waals surface area contributed by atoms with Crippen molar-refractivity contribution in [3.63, 3.8) is 0 Å². The summed E-state index contributed by atoms with van der Waals surface area (Å²) < 4.78 is 31.5. The van der Waals surface area contributed by atoms with Crippen LogP contribution in [0.1, 0.15) is 39.8 Å². The number of hydrogen-bond donors (Lipinski definition) is 2. The average Bonchev–Trinajstić information content (AvgIpc) is 3.35. The second-order valence-corrected chi connectivity index (χ2v) is 10.8. The van der Waals surface area contributed by atoms with Crippen LogP contribution in [0.15, 0.2) is 54.6 Å². The van der Waals surface area contributed by atoms with Crippen molar-refractivity contribution in [3.8, 4) is 10.4 Å². The van der Waals surface area contributed by atoms with E-state index >= 15 is 0 Å². The lowest BCUT2D eigenvalue weighted by molar-refractivity contribution is -0.344. The predicted octanol–water partition coefficient (Wildman–Crippen LogP) is 5.75. The summed E-state index contributed by atoms with van der Waals surface area (Å²) in [6, 6.07) is 15.9. The van der Waals surface area contributed by atoms with Crippen LogP contribution in [0.25, 0.3) is 10.4 Å². The number of nitrogens with zero attached hydrogens (tertiary/aromatic N) is 1. The van der Waals surface area contributed by atoms with E-state index in [2.05, 4.69) is 5.32 Å². The van der Waals surface area contributed by atoms with Crippen LogP contribution in [0.5, 0.6) is 0 Å².